The largest absolute Gasteiger partial charge is 0.456 e. The Hall–Kier alpha value is -11.4. The molecule has 0 spiro atoms. The van der Waals surface area contributed by atoms with E-state index < -0.39 is 25.8 Å². The van der Waals surface area contributed by atoms with Crippen LogP contribution >= 0.6 is 11.3 Å². The van der Waals surface area contributed by atoms with Crippen LogP contribution in [0.3, 0.4) is 0 Å². The number of hydrogen-bond donors (Lipinski definition) is 0. The maximum absolute atomic E-state index is 9.77. The van der Waals surface area contributed by atoms with Crippen LogP contribution < -0.4 is 26.2 Å². The molecule has 0 amide bonds. The van der Waals surface area contributed by atoms with Gasteiger partial charge in [0.25, 0.3) is 6.71 Å². The fourth-order valence-electron chi connectivity index (χ4n) is 18.2. The fourth-order valence-corrected chi connectivity index (χ4v) is 19.3. The Kier molecular flexibility index (Phi) is 14.5. The molecule has 4 nitrogen and oxygen atoms in total. The monoisotopic (exact) mass is 1510 g/mol. The van der Waals surface area contributed by atoms with Crippen molar-refractivity contribution in [3.63, 3.8) is 0 Å². The number of anilines is 5. The third-order valence-electron chi connectivity index (χ3n) is 24.2. The van der Waals surface area contributed by atoms with E-state index in [1.165, 1.54) is 27.5 Å². The maximum Gasteiger partial charge on any atom is 0.252 e. The number of aryl methyl sites for hydroxylation is 2. The van der Waals surface area contributed by atoms with E-state index in [4.69, 9.17) is 14.0 Å². The smallest absolute Gasteiger partial charge is 0.252 e. The van der Waals surface area contributed by atoms with Crippen LogP contribution in [-0.2, 0) is 33.5 Å². The van der Waals surface area contributed by atoms with Gasteiger partial charge in [-0.05, 0) is 226 Å². The normalized spacial score (nSPS) is 14.8. The van der Waals surface area contributed by atoms with Crippen LogP contribution in [0.25, 0.3) is 125 Å². The second-order valence-corrected chi connectivity index (χ2v) is 38.0. The van der Waals surface area contributed by atoms with Crippen LogP contribution in [0.4, 0.5) is 28.4 Å². The van der Waals surface area contributed by atoms with Crippen molar-refractivity contribution in [2.45, 2.75) is 151 Å². The van der Waals surface area contributed by atoms with Crippen LogP contribution in [0.1, 0.15) is 162 Å². The lowest BCUT2D eigenvalue weighted by Gasteiger charge is -2.46. The lowest BCUT2D eigenvalue weighted by atomic mass is 9.33. The number of nitrogens with zero attached hydrogens (tertiary/aromatic N) is 3. The quantitative estimate of drug-likeness (QED) is 0.128. The molecule has 0 atom stereocenters. The first-order chi connectivity index (χ1) is 58.6. The van der Waals surface area contributed by atoms with Crippen LogP contribution in [-0.4, -0.2) is 17.8 Å². The van der Waals surface area contributed by atoms with Gasteiger partial charge in [-0.15, -0.1) is 11.3 Å². The summed E-state index contributed by atoms with van der Waals surface area (Å²) in [5.74, 6) is 0. The summed E-state index contributed by atoms with van der Waals surface area (Å²) in [4.78, 5) is 5.15. The molecule has 0 saturated heterocycles. The molecule has 0 N–H and O–H groups in total. The van der Waals surface area contributed by atoms with Gasteiger partial charge in [0.15, 0.2) is 0 Å². The van der Waals surface area contributed by atoms with Gasteiger partial charge in [-0.1, -0.05) is 303 Å². The van der Waals surface area contributed by atoms with Crippen LogP contribution in [0.5, 0.6) is 0 Å². The summed E-state index contributed by atoms with van der Waals surface area (Å²) in [5, 5.41) is 5.48. The Labute approximate surface area is 691 Å². The SMILES string of the molecule is [2H]c1c([2H])c([2H])c2c(oc3cccc(-c4cc(C(C)(C)C)cc(-c5cccc6sc7ccccc7c56)c4CCN4c5ccc(-c6cc(C([2H])([2H])[2H])cc(C([2H])([2H])[2H])c6)cc5B5c6ccc(C(C)(C)C)cc6N(c6c(-c7ccccc7)cc(C(C)(C)C)cc6-c6ccccc6)c6cc(-n7c8ccc(C(C)(C)C)cc8c8cc(C(C)(C)C)ccc87)cc4c65)c32)c1[2H]. The summed E-state index contributed by atoms with van der Waals surface area (Å²) in [6.45, 7) is 28.7. The van der Waals surface area contributed by atoms with Crippen molar-refractivity contribution in [3.05, 3.63) is 317 Å². The molecule has 17 aromatic rings. The van der Waals surface area contributed by atoms with Crippen molar-refractivity contribution in [2.75, 3.05) is 16.3 Å². The number of benzene rings is 14. The van der Waals surface area contributed by atoms with Gasteiger partial charge in [0.05, 0.1) is 27.9 Å². The van der Waals surface area contributed by atoms with Gasteiger partial charge in [0.2, 0.25) is 0 Å². The molecular weight excluding hydrogens is 1400 g/mol. The zero-order valence-corrected chi connectivity index (χ0v) is 68.6. The number of fused-ring (bicyclic) bond motifs is 13. The molecule has 114 heavy (non-hydrogen) atoms. The molecule has 0 bridgehead atoms. The molecule has 0 radical (unpaired) electrons. The third-order valence-corrected chi connectivity index (χ3v) is 25.4. The number of rotatable bonds is 10. The zero-order valence-electron chi connectivity index (χ0n) is 77.8. The predicted molar refractivity (Wildman–Crippen MR) is 494 cm³/mol. The van der Waals surface area contributed by atoms with Crippen LogP contribution in [0, 0.1) is 13.7 Å². The lowest BCUT2D eigenvalue weighted by Crippen LogP contribution is -2.62. The Bertz CT molecular complexity index is 7130. The number of thiophene rings is 1. The molecule has 2 aliphatic heterocycles. The molecule has 2 aliphatic rings. The van der Waals surface area contributed by atoms with Crippen LogP contribution in [0.15, 0.2) is 277 Å². The van der Waals surface area contributed by atoms with Crippen molar-refractivity contribution < 1.29 is 18.1 Å². The standard InChI is InChI=1S/C108H100BN3OS/c1-65-52-66(2)54-70(53-65)69-42-47-92-89(55-69)109-88-46-43-73(106(9,10)11)62-93(88)112(103-82(67-30-20-18-21-31-67)58-74(107(12,13)14)59-83(103)68-32-22-19-23-33-68)95-64-76(111-90-48-44-71(104(3,4)5)56-86(90)87-57-72(105(6,7)8)45-49-91(87)111)63-94(102(95)109)110(92)51-50-77-84(78-36-28-39-97-100(78)80-34-24-26-38-96(80)113-97)60-75(108(15,16)17)61-85(77)79-37-29-41-99-101(79)81-35-25-27-40-98(81)114-99/h18-49,52-64H,50-51H2,1-17H3/i1D3,2D3,24D,26D,34D,38D. The van der Waals surface area contributed by atoms with Crippen molar-refractivity contribution in [2.24, 2.45) is 0 Å². The highest BCUT2D eigenvalue weighted by molar-refractivity contribution is 7.26. The molecule has 14 aromatic carbocycles. The van der Waals surface area contributed by atoms with E-state index in [-0.39, 0.29) is 62.5 Å². The highest BCUT2D eigenvalue weighted by atomic mass is 32.1. The summed E-state index contributed by atoms with van der Waals surface area (Å²) in [7, 11) is 0. The van der Waals surface area contributed by atoms with Gasteiger partial charge in [-0.25, -0.2) is 0 Å². The number of para-hydroxylation sites is 1. The van der Waals surface area contributed by atoms with Crippen molar-refractivity contribution in [1.29, 1.82) is 0 Å². The fraction of sp³-hybridized carbons (Fsp3) is 0.222. The Balaban J connectivity index is 0.987. The second kappa shape index (κ2) is 26.6. The van der Waals surface area contributed by atoms with Gasteiger partial charge in [-0.3, -0.25) is 0 Å². The van der Waals surface area contributed by atoms with Gasteiger partial charge in [-0.2, -0.15) is 0 Å². The molecule has 19 rings (SSSR count). The number of hydrogen-bond acceptors (Lipinski definition) is 4. The predicted octanol–water partition coefficient (Wildman–Crippen LogP) is 28.5. The highest BCUT2D eigenvalue weighted by Crippen LogP contribution is 2.54. The van der Waals surface area contributed by atoms with E-state index in [9.17, 15) is 4.11 Å². The molecule has 3 aromatic heterocycles. The summed E-state index contributed by atoms with van der Waals surface area (Å²) in [6, 6.07) is 88.6. The molecular formula is C108H100BN3OS. The summed E-state index contributed by atoms with van der Waals surface area (Å²) >= 11 is 1.78. The maximum atomic E-state index is 9.77. The average Bonchev–Trinajstić information content (AvgIpc) is 0.693. The number of aromatic nitrogens is 1. The molecule has 0 saturated carbocycles. The first kappa shape index (κ1) is 62.1. The van der Waals surface area contributed by atoms with E-state index in [0.717, 1.165) is 149 Å². The van der Waals surface area contributed by atoms with Crippen LogP contribution in [0.2, 0.25) is 0 Å². The van der Waals surface area contributed by atoms with E-state index in [1.54, 1.807) is 23.5 Å². The second-order valence-electron chi connectivity index (χ2n) is 36.9. The molecule has 5 heterocycles. The highest BCUT2D eigenvalue weighted by Gasteiger charge is 2.46. The van der Waals surface area contributed by atoms with E-state index in [0.29, 0.717) is 40.4 Å². The lowest BCUT2D eigenvalue weighted by molar-refractivity contribution is 0.590. The minimum absolute atomic E-state index is 0.0612. The third kappa shape index (κ3) is 12.2. The summed E-state index contributed by atoms with van der Waals surface area (Å²) < 4.78 is 102. The van der Waals surface area contributed by atoms with E-state index >= 15 is 0 Å². The van der Waals surface area contributed by atoms with Gasteiger partial charge < -0.3 is 18.8 Å². The Morgan fingerprint density at radius 2 is 0.921 bits per heavy atom. The first-order valence-electron chi connectivity index (χ1n) is 45.2. The Morgan fingerprint density at radius 1 is 0.377 bits per heavy atom. The van der Waals surface area contributed by atoms with Crippen molar-refractivity contribution in [1.82, 2.24) is 4.57 Å². The van der Waals surface area contributed by atoms with Crippen molar-refractivity contribution >= 4 is 127 Å². The van der Waals surface area contributed by atoms with Crippen molar-refractivity contribution in [3.8, 4) is 61.3 Å². The minimum atomic E-state index is -2.64. The topological polar surface area (TPSA) is 24.6 Å². The molecule has 0 unspecified atom stereocenters. The summed E-state index contributed by atoms with van der Waals surface area (Å²) in [5.41, 5.74) is 25.8. The molecule has 0 aliphatic carbocycles. The summed E-state index contributed by atoms with van der Waals surface area (Å²) in [6.07, 6.45) is 0.394. The van der Waals surface area contributed by atoms with Gasteiger partial charge in [0.1, 0.15) is 11.2 Å². The average molecular weight is 1510 g/mol. The van der Waals surface area contributed by atoms with Gasteiger partial charge in [0, 0.05) is 90.4 Å². The van der Waals surface area contributed by atoms with Gasteiger partial charge >= 0.3 is 0 Å². The molecule has 562 valence electrons. The molecule has 6 heteroatoms. The minimum Gasteiger partial charge on any atom is -0.456 e. The molecule has 0 fully saturated rings. The zero-order chi connectivity index (χ0) is 87.5. The van der Waals surface area contributed by atoms with E-state index in [2.05, 4.69) is 331 Å². The number of furan rings is 1. The first-order valence-corrected chi connectivity index (χ1v) is 41.0. The Morgan fingerprint density at radius 3 is 1.54 bits per heavy atom. The van der Waals surface area contributed by atoms with E-state index in [1.807, 2.05) is 18.2 Å².